The summed E-state index contributed by atoms with van der Waals surface area (Å²) in [5.74, 6) is -1.36. The lowest BCUT2D eigenvalue weighted by atomic mass is 10.1. The van der Waals surface area contributed by atoms with Crippen LogP contribution in [0.15, 0.2) is 28.6 Å². The molecule has 26 heavy (non-hydrogen) atoms. The monoisotopic (exact) mass is 405 g/mol. The summed E-state index contributed by atoms with van der Waals surface area (Å²) in [5, 5.41) is 9.32. The molecule has 0 spiro atoms. The van der Waals surface area contributed by atoms with E-state index in [1.54, 1.807) is 13.8 Å². The number of aromatic nitrogens is 2. The summed E-state index contributed by atoms with van der Waals surface area (Å²) >= 11 is 2.03. The lowest BCUT2D eigenvalue weighted by Gasteiger charge is -2.11. The first kappa shape index (κ1) is 20.2. The zero-order valence-electron chi connectivity index (χ0n) is 13.7. The third-order valence-corrected chi connectivity index (χ3v) is 5.00. The molecule has 1 amide bonds. The maximum atomic E-state index is 13.0. The largest absolute Gasteiger partial charge is 0.465 e. The number of hydrogen-bond donors (Lipinski definition) is 1. The van der Waals surface area contributed by atoms with Crippen molar-refractivity contribution >= 4 is 40.1 Å². The number of carbonyl (C=O) groups excluding carboxylic acids is 2. The molecule has 0 fully saturated rings. The van der Waals surface area contributed by atoms with Crippen LogP contribution in [-0.2, 0) is 15.7 Å². The maximum Gasteiger partial charge on any atom is 0.417 e. The number of carbonyl (C=O) groups is 2. The first-order chi connectivity index (χ1) is 12.2. The number of esters is 1. The van der Waals surface area contributed by atoms with E-state index in [1.807, 2.05) is 0 Å². The van der Waals surface area contributed by atoms with Crippen molar-refractivity contribution in [2.24, 2.45) is 0 Å². The Bertz CT molecular complexity index is 796. The smallest absolute Gasteiger partial charge is 0.417 e. The van der Waals surface area contributed by atoms with Gasteiger partial charge in [0.2, 0.25) is 5.13 Å². The zero-order valence-corrected chi connectivity index (χ0v) is 15.3. The van der Waals surface area contributed by atoms with E-state index in [1.165, 1.54) is 12.1 Å². The third-order valence-electron chi connectivity index (χ3n) is 3.00. The zero-order chi connectivity index (χ0) is 19.3. The second kappa shape index (κ2) is 8.49. The van der Waals surface area contributed by atoms with Crippen LogP contribution in [0.4, 0.5) is 18.3 Å². The van der Waals surface area contributed by atoms with Crippen LogP contribution in [0, 0.1) is 0 Å². The van der Waals surface area contributed by atoms with Crippen molar-refractivity contribution in [2.75, 3.05) is 11.9 Å². The fourth-order valence-electron chi connectivity index (χ4n) is 1.86. The summed E-state index contributed by atoms with van der Waals surface area (Å²) < 4.78 is 44.2. The second-order valence-corrected chi connectivity index (χ2v) is 7.45. The van der Waals surface area contributed by atoms with Gasteiger partial charge in [-0.3, -0.25) is 14.9 Å². The topological polar surface area (TPSA) is 81.2 Å². The number of amides is 1. The van der Waals surface area contributed by atoms with Gasteiger partial charge in [-0.2, -0.15) is 13.2 Å². The highest BCUT2D eigenvalue weighted by Gasteiger charge is 2.35. The minimum Gasteiger partial charge on any atom is -0.465 e. The van der Waals surface area contributed by atoms with Crippen LogP contribution in [-0.4, -0.2) is 33.9 Å². The van der Waals surface area contributed by atoms with Gasteiger partial charge in [0, 0.05) is 0 Å². The molecule has 0 saturated heterocycles. The van der Waals surface area contributed by atoms with Crippen LogP contribution < -0.4 is 5.32 Å². The standard InChI is InChI=1S/C15H14F3N3O3S2/c1-3-24-12(23)8(2)25-14-21-20-13(26-14)19-11(22)9-6-4-5-7-10(9)15(16,17)18/h4-8H,3H2,1-2H3,(H,19,20,22). The van der Waals surface area contributed by atoms with Crippen molar-refractivity contribution in [3.8, 4) is 0 Å². The molecule has 1 unspecified atom stereocenters. The van der Waals surface area contributed by atoms with Crippen LogP contribution in [0.3, 0.4) is 0 Å². The van der Waals surface area contributed by atoms with Crippen LogP contribution in [0.1, 0.15) is 29.8 Å². The van der Waals surface area contributed by atoms with E-state index in [9.17, 15) is 22.8 Å². The molecule has 0 aliphatic carbocycles. The number of rotatable bonds is 6. The van der Waals surface area contributed by atoms with Gasteiger partial charge in [0.05, 0.1) is 17.7 Å². The van der Waals surface area contributed by atoms with Gasteiger partial charge in [-0.05, 0) is 26.0 Å². The Balaban J connectivity index is 2.08. The second-order valence-electron chi connectivity index (χ2n) is 4.88. The van der Waals surface area contributed by atoms with Crippen molar-refractivity contribution in [2.45, 2.75) is 29.6 Å². The molecule has 0 saturated carbocycles. The number of ether oxygens (including phenoxy) is 1. The average Bonchev–Trinajstić information content (AvgIpc) is 3.01. The molecule has 1 aromatic heterocycles. The predicted molar refractivity (Wildman–Crippen MR) is 91.3 cm³/mol. The van der Waals surface area contributed by atoms with E-state index in [0.717, 1.165) is 35.2 Å². The van der Waals surface area contributed by atoms with Crippen molar-refractivity contribution in [3.05, 3.63) is 35.4 Å². The molecule has 2 aromatic rings. The number of nitrogens with zero attached hydrogens (tertiary/aromatic N) is 2. The summed E-state index contributed by atoms with van der Waals surface area (Å²) in [6, 6.07) is 4.46. The predicted octanol–water partition coefficient (Wildman–Crippen LogP) is 3.85. The Hall–Kier alpha value is -2.14. The highest BCUT2D eigenvalue weighted by molar-refractivity contribution is 8.02. The Morgan fingerprint density at radius 2 is 2.00 bits per heavy atom. The number of benzene rings is 1. The molecule has 140 valence electrons. The number of halogens is 3. The van der Waals surface area contributed by atoms with Crippen LogP contribution >= 0.6 is 23.1 Å². The molecular weight excluding hydrogens is 391 g/mol. The summed E-state index contributed by atoms with van der Waals surface area (Å²) in [7, 11) is 0. The molecule has 0 bridgehead atoms. The first-order valence-corrected chi connectivity index (χ1v) is 9.06. The number of alkyl halides is 3. The van der Waals surface area contributed by atoms with Crippen LogP contribution in [0.2, 0.25) is 0 Å². The molecule has 6 nitrogen and oxygen atoms in total. The maximum absolute atomic E-state index is 13.0. The van der Waals surface area contributed by atoms with Gasteiger partial charge in [0.25, 0.3) is 5.91 Å². The highest BCUT2D eigenvalue weighted by atomic mass is 32.2. The van der Waals surface area contributed by atoms with Gasteiger partial charge in [-0.25, -0.2) is 0 Å². The lowest BCUT2D eigenvalue weighted by molar-refractivity contribution is -0.142. The van der Waals surface area contributed by atoms with E-state index < -0.39 is 34.4 Å². The van der Waals surface area contributed by atoms with E-state index in [2.05, 4.69) is 15.5 Å². The number of nitrogens with one attached hydrogen (secondary N) is 1. The highest BCUT2D eigenvalue weighted by Crippen LogP contribution is 2.33. The SMILES string of the molecule is CCOC(=O)C(C)Sc1nnc(NC(=O)c2ccccc2C(F)(F)F)s1. The lowest BCUT2D eigenvalue weighted by Crippen LogP contribution is -2.18. The van der Waals surface area contributed by atoms with E-state index in [-0.39, 0.29) is 11.7 Å². The van der Waals surface area contributed by atoms with Crippen LogP contribution in [0.5, 0.6) is 0 Å². The summed E-state index contributed by atoms with van der Waals surface area (Å²) in [4.78, 5) is 23.7. The molecule has 1 aromatic carbocycles. The molecule has 1 heterocycles. The van der Waals surface area contributed by atoms with Crippen molar-refractivity contribution in [1.29, 1.82) is 0 Å². The Morgan fingerprint density at radius 3 is 2.65 bits per heavy atom. The Labute approximate surface area is 155 Å². The molecule has 1 N–H and O–H groups in total. The molecular formula is C15H14F3N3O3S2. The normalized spacial score (nSPS) is 12.5. The van der Waals surface area contributed by atoms with Gasteiger partial charge in [-0.1, -0.05) is 35.2 Å². The molecule has 0 aliphatic rings. The molecule has 0 aliphatic heterocycles. The molecule has 0 radical (unpaired) electrons. The minimum atomic E-state index is -4.65. The van der Waals surface area contributed by atoms with Gasteiger partial charge < -0.3 is 4.74 Å². The van der Waals surface area contributed by atoms with Gasteiger partial charge in [-0.15, -0.1) is 10.2 Å². The molecule has 1 atom stereocenters. The van der Waals surface area contributed by atoms with E-state index in [4.69, 9.17) is 4.74 Å². The Kier molecular flexibility index (Phi) is 6.59. The molecule has 11 heteroatoms. The average molecular weight is 405 g/mol. The fraction of sp³-hybridized carbons (Fsp3) is 0.333. The van der Waals surface area contributed by atoms with Crippen molar-refractivity contribution < 1.29 is 27.5 Å². The fourth-order valence-corrected chi connectivity index (χ4v) is 3.75. The molecule has 2 rings (SSSR count). The number of thioether (sulfide) groups is 1. The van der Waals surface area contributed by atoms with Crippen LogP contribution in [0.25, 0.3) is 0 Å². The van der Waals surface area contributed by atoms with Crippen molar-refractivity contribution in [3.63, 3.8) is 0 Å². The van der Waals surface area contributed by atoms with Gasteiger partial charge in [0.1, 0.15) is 5.25 Å². The summed E-state index contributed by atoms with van der Waals surface area (Å²) in [6.07, 6.45) is -4.65. The quantitative estimate of drug-likeness (QED) is 0.447. The minimum absolute atomic E-state index is 0.0329. The van der Waals surface area contributed by atoms with E-state index >= 15 is 0 Å². The number of hydrogen-bond acceptors (Lipinski definition) is 7. The Morgan fingerprint density at radius 1 is 1.31 bits per heavy atom. The number of anilines is 1. The van der Waals surface area contributed by atoms with Crippen molar-refractivity contribution in [1.82, 2.24) is 10.2 Å². The summed E-state index contributed by atoms with van der Waals surface area (Å²) in [5.41, 5.74) is -1.54. The van der Waals surface area contributed by atoms with E-state index in [0.29, 0.717) is 4.34 Å². The first-order valence-electron chi connectivity index (χ1n) is 7.36. The third kappa shape index (κ3) is 5.18. The summed E-state index contributed by atoms with van der Waals surface area (Å²) in [6.45, 7) is 3.56. The van der Waals surface area contributed by atoms with Gasteiger partial charge in [0.15, 0.2) is 4.34 Å². The van der Waals surface area contributed by atoms with Gasteiger partial charge >= 0.3 is 12.1 Å².